The van der Waals surface area contributed by atoms with Crippen LogP contribution in [0.3, 0.4) is 0 Å². The highest BCUT2D eigenvalue weighted by atomic mass is 79.9. The summed E-state index contributed by atoms with van der Waals surface area (Å²) >= 11 is 6.63. The van der Waals surface area contributed by atoms with E-state index < -0.39 is 0 Å². The van der Waals surface area contributed by atoms with Crippen molar-refractivity contribution in [2.45, 2.75) is 6.92 Å². The summed E-state index contributed by atoms with van der Waals surface area (Å²) in [5.74, 6) is 0. The van der Waals surface area contributed by atoms with Gasteiger partial charge >= 0.3 is 0 Å². The normalized spacial score (nSPS) is 10.4. The summed E-state index contributed by atoms with van der Waals surface area (Å²) in [5.41, 5.74) is 0.507. The number of thiophene rings is 1. The van der Waals surface area contributed by atoms with E-state index in [1.807, 2.05) is 13.0 Å². The first-order chi connectivity index (χ1) is 6.70. The maximum absolute atomic E-state index is 10.5. The average Bonchev–Trinajstić information content (AvgIpc) is 2.74. The summed E-state index contributed by atoms with van der Waals surface area (Å²) in [6.07, 6.45) is 0.773. The molecule has 5 heteroatoms. The molecule has 0 saturated carbocycles. The van der Waals surface area contributed by atoms with Gasteiger partial charge in [0.2, 0.25) is 0 Å². The second-order valence-corrected chi connectivity index (χ2v) is 5.68. The van der Waals surface area contributed by atoms with Gasteiger partial charge in [-0.1, -0.05) is 0 Å². The van der Waals surface area contributed by atoms with E-state index in [1.165, 1.54) is 16.2 Å². The second-order valence-electron chi connectivity index (χ2n) is 2.71. The molecule has 0 aliphatic carbocycles. The zero-order valence-electron chi connectivity index (χ0n) is 7.28. The first-order valence-corrected chi connectivity index (χ1v) is 6.36. The van der Waals surface area contributed by atoms with Crippen molar-refractivity contribution in [3.8, 4) is 9.88 Å². The van der Waals surface area contributed by atoms with Crippen molar-refractivity contribution >= 4 is 44.9 Å². The van der Waals surface area contributed by atoms with E-state index in [4.69, 9.17) is 0 Å². The van der Waals surface area contributed by atoms with E-state index in [0.29, 0.717) is 5.69 Å². The van der Waals surface area contributed by atoms with Crippen molar-refractivity contribution in [3.63, 3.8) is 0 Å². The average molecular weight is 288 g/mol. The SMILES string of the molecule is Cc1sc(-c2nc(C=O)cs2)cc1Br. The highest BCUT2D eigenvalue weighted by molar-refractivity contribution is 9.10. The van der Waals surface area contributed by atoms with Crippen LogP contribution in [0.5, 0.6) is 0 Å². The molecule has 0 fully saturated rings. The Morgan fingerprint density at radius 3 is 2.86 bits per heavy atom. The van der Waals surface area contributed by atoms with E-state index in [9.17, 15) is 4.79 Å². The largest absolute Gasteiger partial charge is 0.296 e. The molecular formula is C9H6BrNOS2. The Morgan fingerprint density at radius 1 is 1.57 bits per heavy atom. The van der Waals surface area contributed by atoms with Gasteiger partial charge in [-0.15, -0.1) is 22.7 Å². The topological polar surface area (TPSA) is 30.0 Å². The van der Waals surface area contributed by atoms with E-state index in [0.717, 1.165) is 20.6 Å². The number of carbonyl (C=O) groups is 1. The fraction of sp³-hybridized carbons (Fsp3) is 0.111. The highest BCUT2D eigenvalue weighted by Gasteiger charge is 2.08. The predicted molar refractivity (Wildman–Crippen MR) is 63.3 cm³/mol. The first-order valence-electron chi connectivity index (χ1n) is 3.87. The van der Waals surface area contributed by atoms with Gasteiger partial charge in [-0.3, -0.25) is 4.79 Å². The number of aldehydes is 1. The molecule has 0 aliphatic heterocycles. The predicted octanol–water partition coefficient (Wildman–Crippen LogP) is 3.76. The van der Waals surface area contributed by atoms with Crippen LogP contribution in [0.15, 0.2) is 15.9 Å². The fourth-order valence-electron chi connectivity index (χ4n) is 1.02. The number of aryl methyl sites for hydroxylation is 1. The van der Waals surface area contributed by atoms with Crippen LogP contribution in [0.4, 0.5) is 0 Å². The van der Waals surface area contributed by atoms with E-state index in [-0.39, 0.29) is 0 Å². The number of aromatic nitrogens is 1. The molecule has 0 unspecified atom stereocenters. The second kappa shape index (κ2) is 3.92. The van der Waals surface area contributed by atoms with E-state index in [2.05, 4.69) is 20.9 Å². The molecule has 0 spiro atoms. The summed E-state index contributed by atoms with van der Waals surface area (Å²) in [6, 6.07) is 2.04. The molecule has 2 aromatic rings. The number of halogens is 1. The molecule has 0 amide bonds. The van der Waals surface area contributed by atoms with Crippen LogP contribution < -0.4 is 0 Å². The van der Waals surface area contributed by atoms with Crippen molar-refractivity contribution in [3.05, 3.63) is 26.5 Å². The lowest BCUT2D eigenvalue weighted by atomic mass is 10.4. The summed E-state index contributed by atoms with van der Waals surface area (Å²) in [4.78, 5) is 17.0. The lowest BCUT2D eigenvalue weighted by molar-refractivity contribution is 0.111. The zero-order valence-corrected chi connectivity index (χ0v) is 10.5. The molecule has 0 aromatic carbocycles. The summed E-state index contributed by atoms with van der Waals surface area (Å²) in [6.45, 7) is 2.05. The van der Waals surface area contributed by atoms with Gasteiger partial charge in [-0.25, -0.2) is 4.98 Å². The maximum Gasteiger partial charge on any atom is 0.169 e. The van der Waals surface area contributed by atoms with Gasteiger partial charge in [-0.05, 0) is 28.9 Å². The zero-order chi connectivity index (χ0) is 10.1. The lowest BCUT2D eigenvalue weighted by Gasteiger charge is -1.85. The Morgan fingerprint density at radius 2 is 2.36 bits per heavy atom. The molecule has 0 atom stereocenters. The lowest BCUT2D eigenvalue weighted by Crippen LogP contribution is -1.76. The van der Waals surface area contributed by atoms with E-state index >= 15 is 0 Å². The van der Waals surface area contributed by atoms with Crippen LogP contribution in [0.2, 0.25) is 0 Å². The number of nitrogens with zero attached hydrogens (tertiary/aromatic N) is 1. The Balaban J connectivity index is 2.43. The van der Waals surface area contributed by atoms with Crippen LogP contribution in [0, 0.1) is 6.92 Å². The van der Waals surface area contributed by atoms with Crippen molar-refractivity contribution in [2.24, 2.45) is 0 Å². The van der Waals surface area contributed by atoms with Gasteiger partial charge in [0, 0.05) is 14.7 Å². The van der Waals surface area contributed by atoms with Crippen LogP contribution in [-0.2, 0) is 0 Å². The summed E-state index contributed by atoms with van der Waals surface area (Å²) in [7, 11) is 0. The fourth-order valence-corrected chi connectivity index (χ4v) is 3.38. The molecule has 2 rings (SSSR count). The number of thiazole rings is 1. The monoisotopic (exact) mass is 287 g/mol. The molecule has 0 bridgehead atoms. The quantitative estimate of drug-likeness (QED) is 0.788. The molecule has 0 aliphatic rings. The third-order valence-corrected chi connectivity index (χ3v) is 4.88. The van der Waals surface area contributed by atoms with E-state index in [1.54, 1.807) is 16.7 Å². The standard InChI is InChI=1S/C9H6BrNOS2/c1-5-7(10)2-8(14-5)9-11-6(3-12)4-13-9/h2-4H,1H3. The molecule has 14 heavy (non-hydrogen) atoms. The van der Waals surface area contributed by atoms with Crippen LogP contribution >= 0.6 is 38.6 Å². The van der Waals surface area contributed by atoms with Gasteiger partial charge < -0.3 is 0 Å². The van der Waals surface area contributed by atoms with Gasteiger partial charge in [0.05, 0.1) is 4.88 Å². The molecule has 0 radical (unpaired) electrons. The third-order valence-electron chi connectivity index (χ3n) is 1.71. The van der Waals surface area contributed by atoms with Crippen molar-refractivity contribution < 1.29 is 4.79 Å². The Hall–Kier alpha value is -0.520. The molecule has 2 aromatic heterocycles. The summed E-state index contributed by atoms with van der Waals surface area (Å²) < 4.78 is 1.10. The summed E-state index contributed by atoms with van der Waals surface area (Å²) in [5, 5.41) is 2.68. The molecule has 0 saturated heterocycles. The molecule has 2 heterocycles. The minimum atomic E-state index is 0.507. The van der Waals surface area contributed by atoms with Gasteiger partial charge in [0.1, 0.15) is 10.7 Å². The van der Waals surface area contributed by atoms with Crippen molar-refractivity contribution in [2.75, 3.05) is 0 Å². The minimum Gasteiger partial charge on any atom is -0.296 e. The maximum atomic E-state index is 10.5. The van der Waals surface area contributed by atoms with Crippen molar-refractivity contribution in [1.82, 2.24) is 4.98 Å². The minimum absolute atomic E-state index is 0.507. The third kappa shape index (κ3) is 1.80. The van der Waals surface area contributed by atoms with Crippen LogP contribution in [-0.4, -0.2) is 11.3 Å². The van der Waals surface area contributed by atoms with Gasteiger partial charge in [0.25, 0.3) is 0 Å². The molecule has 72 valence electrons. The van der Waals surface area contributed by atoms with Gasteiger partial charge in [0.15, 0.2) is 6.29 Å². The Labute approximate surface area is 97.7 Å². The highest BCUT2D eigenvalue weighted by Crippen LogP contribution is 2.35. The Bertz CT molecular complexity index is 455. The molecule has 2 nitrogen and oxygen atoms in total. The first kappa shape index (κ1) is 10.0. The number of hydrogen-bond acceptors (Lipinski definition) is 4. The van der Waals surface area contributed by atoms with Crippen molar-refractivity contribution in [1.29, 1.82) is 0 Å². The smallest absolute Gasteiger partial charge is 0.169 e. The number of hydrogen-bond donors (Lipinski definition) is 0. The number of carbonyl (C=O) groups excluding carboxylic acids is 1. The van der Waals surface area contributed by atoms with Crippen LogP contribution in [0.1, 0.15) is 15.4 Å². The molecule has 0 N–H and O–H groups in total. The van der Waals surface area contributed by atoms with Crippen LogP contribution in [0.25, 0.3) is 9.88 Å². The Kier molecular flexibility index (Phi) is 2.80. The molecular weight excluding hydrogens is 282 g/mol. The van der Waals surface area contributed by atoms with Gasteiger partial charge in [-0.2, -0.15) is 0 Å². The number of rotatable bonds is 2.